The molecule has 0 radical (unpaired) electrons. The molecule has 0 atom stereocenters. The maximum absolute atomic E-state index is 13.0. The first-order valence-electron chi connectivity index (χ1n) is 8.67. The zero-order chi connectivity index (χ0) is 20.4. The molecule has 3 aromatic rings. The highest BCUT2D eigenvalue weighted by atomic mass is 32.1. The summed E-state index contributed by atoms with van der Waals surface area (Å²) < 4.78 is 11.2. The molecule has 0 unspecified atom stereocenters. The molecular weight excluding hydrogens is 390 g/mol. The van der Waals surface area contributed by atoms with Crippen LogP contribution in [-0.4, -0.2) is 21.9 Å². The van der Waals surface area contributed by atoms with Crippen LogP contribution in [0.5, 0.6) is 11.5 Å². The van der Waals surface area contributed by atoms with Crippen molar-refractivity contribution in [3.63, 3.8) is 0 Å². The first-order valence-corrected chi connectivity index (χ1v) is 9.08. The molecule has 1 aliphatic rings. The average molecular weight is 405 g/mol. The number of nitrogens with one attached hydrogen (secondary N) is 1. The Kier molecular flexibility index (Phi) is 4.92. The number of thiocarbonyl (C=S) groups is 1. The third-order valence-corrected chi connectivity index (χ3v) is 4.41. The molecular formula is C21H15N3O4S. The van der Waals surface area contributed by atoms with Gasteiger partial charge < -0.3 is 9.15 Å². The summed E-state index contributed by atoms with van der Waals surface area (Å²) in [6.45, 7) is 1.78. The number of carbonyl (C=O) groups excluding carboxylic acids is 2. The molecule has 1 saturated heterocycles. The van der Waals surface area contributed by atoms with Crippen LogP contribution in [0.15, 0.2) is 70.9 Å². The van der Waals surface area contributed by atoms with Gasteiger partial charge >= 0.3 is 0 Å². The molecule has 8 heteroatoms. The van der Waals surface area contributed by atoms with Crippen LogP contribution in [0, 0.1) is 6.92 Å². The molecule has 29 heavy (non-hydrogen) atoms. The van der Waals surface area contributed by atoms with Crippen LogP contribution in [-0.2, 0) is 9.59 Å². The van der Waals surface area contributed by atoms with Gasteiger partial charge in [0.1, 0.15) is 28.6 Å². The summed E-state index contributed by atoms with van der Waals surface area (Å²) >= 11 is 5.21. The normalized spacial score (nSPS) is 15.6. The molecule has 1 aromatic carbocycles. The Bertz CT molecular complexity index is 1120. The number of carbonyl (C=O) groups is 2. The predicted octanol–water partition coefficient (Wildman–Crippen LogP) is 3.61. The number of nitrogens with zero attached hydrogens (tertiary/aromatic N) is 2. The van der Waals surface area contributed by atoms with E-state index in [1.807, 2.05) is 0 Å². The number of furan rings is 1. The first kappa shape index (κ1) is 18.6. The van der Waals surface area contributed by atoms with E-state index in [0.29, 0.717) is 28.7 Å². The Morgan fingerprint density at radius 2 is 1.72 bits per heavy atom. The lowest BCUT2D eigenvalue weighted by Crippen LogP contribution is -2.54. The minimum atomic E-state index is -0.567. The molecule has 4 rings (SSSR count). The summed E-state index contributed by atoms with van der Waals surface area (Å²) in [5.41, 5.74) is 0.439. The quantitative estimate of drug-likeness (QED) is 0.406. The minimum absolute atomic E-state index is 0.00979. The third-order valence-electron chi connectivity index (χ3n) is 4.13. The van der Waals surface area contributed by atoms with Crippen molar-refractivity contribution in [2.45, 2.75) is 6.92 Å². The van der Waals surface area contributed by atoms with Crippen molar-refractivity contribution in [1.29, 1.82) is 0 Å². The van der Waals surface area contributed by atoms with E-state index in [1.54, 1.807) is 67.8 Å². The van der Waals surface area contributed by atoms with Crippen molar-refractivity contribution in [2.75, 3.05) is 4.90 Å². The number of benzene rings is 1. The number of ether oxygens (including phenoxy) is 1. The van der Waals surface area contributed by atoms with Crippen molar-refractivity contribution >= 4 is 40.9 Å². The lowest BCUT2D eigenvalue weighted by molar-refractivity contribution is -0.122. The summed E-state index contributed by atoms with van der Waals surface area (Å²) in [7, 11) is 0. The number of amides is 2. The Morgan fingerprint density at radius 3 is 2.38 bits per heavy atom. The molecule has 1 aliphatic heterocycles. The topological polar surface area (TPSA) is 84.7 Å². The zero-order valence-electron chi connectivity index (χ0n) is 15.3. The third kappa shape index (κ3) is 3.92. The van der Waals surface area contributed by atoms with Gasteiger partial charge in [-0.3, -0.25) is 24.8 Å². The van der Waals surface area contributed by atoms with Crippen molar-refractivity contribution < 1.29 is 18.7 Å². The maximum Gasteiger partial charge on any atom is 0.270 e. The fourth-order valence-electron chi connectivity index (χ4n) is 2.77. The van der Waals surface area contributed by atoms with Crippen molar-refractivity contribution in [2.24, 2.45) is 0 Å². The van der Waals surface area contributed by atoms with E-state index < -0.39 is 11.8 Å². The summed E-state index contributed by atoms with van der Waals surface area (Å²) in [6, 6.07) is 13.7. The Morgan fingerprint density at radius 1 is 1.03 bits per heavy atom. The first-order chi connectivity index (χ1) is 14.0. The van der Waals surface area contributed by atoms with Gasteiger partial charge in [-0.25, -0.2) is 0 Å². The molecule has 0 saturated carbocycles. The highest BCUT2D eigenvalue weighted by Crippen LogP contribution is 2.27. The molecule has 7 nitrogen and oxygen atoms in total. The number of pyridine rings is 1. The van der Waals surface area contributed by atoms with Crippen molar-refractivity contribution in [3.05, 3.63) is 78.0 Å². The van der Waals surface area contributed by atoms with Crippen LogP contribution in [0.3, 0.4) is 0 Å². The number of aromatic nitrogens is 1. The molecule has 144 valence electrons. The zero-order valence-corrected chi connectivity index (χ0v) is 16.1. The largest absolute Gasteiger partial charge is 0.462 e. The minimum Gasteiger partial charge on any atom is -0.462 e. The SMILES string of the molecule is Cc1ccc(/C=C2/C(=O)NC(=S)N(c3ccc(Oc4ccncc4)cc3)C2=O)o1. The molecule has 3 heterocycles. The highest BCUT2D eigenvalue weighted by molar-refractivity contribution is 7.80. The smallest absolute Gasteiger partial charge is 0.270 e. The number of aryl methyl sites for hydroxylation is 1. The fourth-order valence-corrected chi connectivity index (χ4v) is 3.05. The fraction of sp³-hybridized carbons (Fsp3) is 0.0476. The molecule has 0 aliphatic carbocycles. The maximum atomic E-state index is 13.0. The number of rotatable bonds is 4. The summed E-state index contributed by atoms with van der Waals surface area (Å²) in [4.78, 5) is 30.4. The Balaban J connectivity index is 1.59. The second-order valence-electron chi connectivity index (χ2n) is 6.19. The van der Waals surface area contributed by atoms with E-state index in [4.69, 9.17) is 21.4 Å². The van der Waals surface area contributed by atoms with E-state index >= 15 is 0 Å². The van der Waals surface area contributed by atoms with Crippen LogP contribution in [0.1, 0.15) is 11.5 Å². The summed E-state index contributed by atoms with van der Waals surface area (Å²) in [6.07, 6.45) is 4.66. The van der Waals surface area contributed by atoms with Crippen molar-refractivity contribution in [1.82, 2.24) is 10.3 Å². The van der Waals surface area contributed by atoms with Gasteiger partial charge in [0.2, 0.25) is 0 Å². The van der Waals surface area contributed by atoms with E-state index in [2.05, 4.69) is 10.3 Å². The molecule has 1 N–H and O–H groups in total. The van der Waals surface area contributed by atoms with Crippen LogP contribution < -0.4 is 15.0 Å². The summed E-state index contributed by atoms with van der Waals surface area (Å²) in [5.74, 6) is 1.22. The van der Waals surface area contributed by atoms with Crippen LogP contribution in [0.4, 0.5) is 5.69 Å². The molecule has 1 fully saturated rings. The monoisotopic (exact) mass is 405 g/mol. The van der Waals surface area contributed by atoms with Gasteiger partial charge in [-0.1, -0.05) is 0 Å². The standard InChI is InChI=1S/C21H15N3O4S/c1-13-2-5-17(27-13)12-18-19(25)23-21(29)24(20(18)26)14-3-6-15(7-4-14)28-16-8-10-22-11-9-16/h2-12H,1H3,(H,23,25,29)/b18-12-. The second-order valence-corrected chi connectivity index (χ2v) is 6.57. The van der Waals surface area contributed by atoms with Gasteiger partial charge in [0.25, 0.3) is 11.8 Å². The van der Waals surface area contributed by atoms with E-state index in [-0.39, 0.29) is 10.7 Å². The van der Waals surface area contributed by atoms with Gasteiger partial charge in [0, 0.05) is 12.4 Å². The van der Waals surface area contributed by atoms with Gasteiger partial charge in [0.05, 0.1) is 5.69 Å². The lowest BCUT2D eigenvalue weighted by atomic mass is 10.1. The summed E-state index contributed by atoms with van der Waals surface area (Å²) in [5, 5.41) is 2.55. The predicted molar refractivity (Wildman–Crippen MR) is 110 cm³/mol. The molecule has 2 aromatic heterocycles. The van der Waals surface area contributed by atoms with Gasteiger partial charge in [-0.2, -0.15) is 0 Å². The molecule has 2 amide bonds. The van der Waals surface area contributed by atoms with Crippen LogP contribution in [0.25, 0.3) is 6.08 Å². The van der Waals surface area contributed by atoms with E-state index in [1.165, 1.54) is 11.0 Å². The van der Waals surface area contributed by atoms with Crippen LogP contribution >= 0.6 is 12.2 Å². The van der Waals surface area contributed by atoms with E-state index in [9.17, 15) is 9.59 Å². The number of hydrogen-bond acceptors (Lipinski definition) is 6. The van der Waals surface area contributed by atoms with Crippen LogP contribution in [0.2, 0.25) is 0 Å². The molecule has 0 bridgehead atoms. The Hall–Kier alpha value is -3.78. The van der Waals surface area contributed by atoms with Gasteiger partial charge in [-0.15, -0.1) is 0 Å². The number of hydrogen-bond donors (Lipinski definition) is 1. The van der Waals surface area contributed by atoms with Crippen molar-refractivity contribution in [3.8, 4) is 11.5 Å². The Labute approximate surface area is 171 Å². The number of anilines is 1. The van der Waals surface area contributed by atoms with E-state index in [0.717, 1.165) is 0 Å². The second kappa shape index (κ2) is 7.69. The highest BCUT2D eigenvalue weighted by Gasteiger charge is 2.34. The average Bonchev–Trinajstić information content (AvgIpc) is 3.12. The van der Waals surface area contributed by atoms with Gasteiger partial charge in [0.15, 0.2) is 5.11 Å². The lowest BCUT2D eigenvalue weighted by Gasteiger charge is -2.28. The molecule has 0 spiro atoms. The van der Waals surface area contributed by atoms with Gasteiger partial charge in [-0.05, 0) is 73.7 Å².